The van der Waals surface area contributed by atoms with E-state index >= 15 is 0 Å². The van der Waals surface area contributed by atoms with E-state index in [1.165, 1.54) is 5.56 Å². The number of hydrogen-bond donors (Lipinski definition) is 2. The van der Waals surface area contributed by atoms with Crippen molar-refractivity contribution >= 4 is 11.0 Å². The quantitative estimate of drug-likeness (QED) is 0.849. The molecule has 0 aliphatic heterocycles. The van der Waals surface area contributed by atoms with Gasteiger partial charge in [-0.15, -0.1) is 0 Å². The topological polar surface area (TPSA) is 57.9 Å². The number of benzene rings is 1. The molecule has 18 heavy (non-hydrogen) atoms. The number of aromatic amines is 1. The molecule has 0 aliphatic rings. The number of nitrogens with two attached hydrogens (primary N) is 1. The molecule has 0 radical (unpaired) electrons. The van der Waals surface area contributed by atoms with Crippen LogP contribution in [0.1, 0.15) is 25.8 Å². The van der Waals surface area contributed by atoms with E-state index in [1.54, 1.807) is 6.33 Å². The van der Waals surface area contributed by atoms with Crippen LogP contribution in [0.4, 0.5) is 0 Å². The fourth-order valence-corrected chi connectivity index (χ4v) is 1.95. The molecule has 1 aromatic carbocycles. The monoisotopic (exact) mass is 246 g/mol. The van der Waals surface area contributed by atoms with Crippen molar-refractivity contribution < 1.29 is 0 Å². The Kier molecular flexibility index (Phi) is 3.68. The van der Waals surface area contributed by atoms with Gasteiger partial charge in [-0.05, 0) is 51.6 Å². The van der Waals surface area contributed by atoms with Crippen LogP contribution in [0.3, 0.4) is 0 Å². The molecule has 0 bridgehead atoms. The highest BCUT2D eigenvalue weighted by atomic mass is 15.1. The maximum atomic E-state index is 6.00. The lowest BCUT2D eigenvalue weighted by Crippen LogP contribution is -2.36. The van der Waals surface area contributed by atoms with Gasteiger partial charge in [0.05, 0.1) is 17.4 Å². The maximum Gasteiger partial charge on any atom is 0.0931 e. The minimum absolute atomic E-state index is 0.0956. The summed E-state index contributed by atoms with van der Waals surface area (Å²) in [5.74, 6) is 0. The van der Waals surface area contributed by atoms with Crippen LogP contribution in [-0.2, 0) is 6.54 Å². The molecular formula is C14H22N4. The number of nitrogens with one attached hydrogen (secondary N) is 1. The first kappa shape index (κ1) is 13.1. The molecule has 0 unspecified atom stereocenters. The Labute approximate surface area is 108 Å². The summed E-state index contributed by atoms with van der Waals surface area (Å²) < 4.78 is 0. The summed E-state index contributed by atoms with van der Waals surface area (Å²) in [7, 11) is 2.13. The van der Waals surface area contributed by atoms with Gasteiger partial charge in [0.2, 0.25) is 0 Å². The Balaban J connectivity index is 1.95. The third-order valence-electron chi connectivity index (χ3n) is 3.08. The zero-order valence-electron chi connectivity index (χ0n) is 11.4. The van der Waals surface area contributed by atoms with E-state index in [0.29, 0.717) is 0 Å². The lowest BCUT2D eigenvalue weighted by molar-refractivity contribution is 0.289. The number of H-pyrrole nitrogens is 1. The van der Waals surface area contributed by atoms with Gasteiger partial charge in [-0.3, -0.25) is 0 Å². The fraction of sp³-hybridized carbons (Fsp3) is 0.500. The third-order valence-corrected chi connectivity index (χ3v) is 3.08. The zero-order chi connectivity index (χ0) is 13.2. The van der Waals surface area contributed by atoms with Gasteiger partial charge < -0.3 is 15.6 Å². The Hall–Kier alpha value is -1.39. The number of aromatic nitrogens is 2. The minimum Gasteiger partial charge on any atom is -0.345 e. The zero-order valence-corrected chi connectivity index (χ0v) is 11.4. The Bertz CT molecular complexity index is 510. The molecule has 0 amide bonds. The lowest BCUT2D eigenvalue weighted by Gasteiger charge is -2.23. The highest BCUT2D eigenvalue weighted by molar-refractivity contribution is 5.74. The van der Waals surface area contributed by atoms with Crippen LogP contribution in [0.25, 0.3) is 11.0 Å². The van der Waals surface area contributed by atoms with Crippen LogP contribution in [0.5, 0.6) is 0 Å². The summed E-state index contributed by atoms with van der Waals surface area (Å²) in [6, 6.07) is 6.35. The maximum absolute atomic E-state index is 6.00. The van der Waals surface area contributed by atoms with Crippen molar-refractivity contribution in [3.63, 3.8) is 0 Å². The Morgan fingerprint density at radius 1 is 1.39 bits per heavy atom. The second-order valence-electron chi connectivity index (χ2n) is 5.73. The molecule has 1 heterocycles. The van der Waals surface area contributed by atoms with E-state index < -0.39 is 0 Å². The van der Waals surface area contributed by atoms with E-state index in [4.69, 9.17) is 5.73 Å². The molecule has 1 aromatic heterocycles. The van der Waals surface area contributed by atoms with Crippen LogP contribution < -0.4 is 5.73 Å². The van der Waals surface area contributed by atoms with E-state index in [0.717, 1.165) is 30.5 Å². The minimum atomic E-state index is -0.0956. The second-order valence-corrected chi connectivity index (χ2v) is 5.73. The molecule has 4 nitrogen and oxygen atoms in total. The van der Waals surface area contributed by atoms with Crippen molar-refractivity contribution in [3.05, 3.63) is 30.1 Å². The largest absolute Gasteiger partial charge is 0.345 e. The first-order chi connectivity index (χ1) is 8.44. The normalized spacial score (nSPS) is 12.5. The molecule has 4 heteroatoms. The average molecular weight is 246 g/mol. The van der Waals surface area contributed by atoms with Gasteiger partial charge in [-0.25, -0.2) is 4.98 Å². The molecule has 2 aromatic rings. The lowest BCUT2D eigenvalue weighted by atomic mass is 10.0. The first-order valence-corrected chi connectivity index (χ1v) is 6.33. The highest BCUT2D eigenvalue weighted by Crippen LogP contribution is 2.13. The van der Waals surface area contributed by atoms with Crippen LogP contribution in [0, 0.1) is 0 Å². The molecule has 98 valence electrons. The second kappa shape index (κ2) is 5.08. The molecular weight excluding hydrogens is 224 g/mol. The molecule has 0 aliphatic carbocycles. The molecule has 0 saturated carbocycles. The van der Waals surface area contributed by atoms with Gasteiger partial charge in [0.15, 0.2) is 0 Å². The van der Waals surface area contributed by atoms with Gasteiger partial charge in [0.1, 0.15) is 0 Å². The molecule has 0 saturated heterocycles. The van der Waals surface area contributed by atoms with Gasteiger partial charge in [0, 0.05) is 12.1 Å². The van der Waals surface area contributed by atoms with E-state index in [1.807, 2.05) is 0 Å². The summed E-state index contributed by atoms with van der Waals surface area (Å²) >= 11 is 0. The van der Waals surface area contributed by atoms with Crippen LogP contribution in [0.15, 0.2) is 24.5 Å². The van der Waals surface area contributed by atoms with Crippen molar-refractivity contribution in [1.82, 2.24) is 14.9 Å². The highest BCUT2D eigenvalue weighted by Gasteiger charge is 2.11. The fourth-order valence-electron chi connectivity index (χ4n) is 1.95. The standard InChI is InChI=1S/C14H22N4/c1-14(2,15)6-7-18(3)9-11-4-5-12-13(8-11)17-10-16-12/h4-5,8,10H,6-7,9,15H2,1-3H3,(H,16,17). The predicted octanol–water partition coefficient (Wildman–Crippen LogP) is 2.12. The van der Waals surface area contributed by atoms with E-state index in [-0.39, 0.29) is 5.54 Å². The summed E-state index contributed by atoms with van der Waals surface area (Å²) in [5.41, 5.74) is 9.31. The Morgan fingerprint density at radius 2 is 2.17 bits per heavy atom. The van der Waals surface area contributed by atoms with Crippen LogP contribution >= 0.6 is 0 Å². The van der Waals surface area contributed by atoms with Crippen molar-refractivity contribution in [2.45, 2.75) is 32.4 Å². The van der Waals surface area contributed by atoms with Crippen molar-refractivity contribution in [1.29, 1.82) is 0 Å². The molecule has 2 rings (SSSR count). The summed E-state index contributed by atoms with van der Waals surface area (Å²) in [6.07, 6.45) is 2.73. The first-order valence-electron chi connectivity index (χ1n) is 6.33. The van der Waals surface area contributed by atoms with Crippen molar-refractivity contribution in [2.24, 2.45) is 5.73 Å². The predicted molar refractivity (Wildman–Crippen MR) is 75.3 cm³/mol. The summed E-state index contributed by atoms with van der Waals surface area (Å²) in [5, 5.41) is 0. The summed E-state index contributed by atoms with van der Waals surface area (Å²) in [4.78, 5) is 9.66. The van der Waals surface area contributed by atoms with Gasteiger partial charge in [0.25, 0.3) is 0 Å². The van der Waals surface area contributed by atoms with Gasteiger partial charge >= 0.3 is 0 Å². The van der Waals surface area contributed by atoms with Crippen LogP contribution in [-0.4, -0.2) is 34.0 Å². The van der Waals surface area contributed by atoms with Gasteiger partial charge in [-0.2, -0.15) is 0 Å². The smallest absolute Gasteiger partial charge is 0.0931 e. The molecule has 0 fully saturated rings. The number of fused-ring (bicyclic) bond motifs is 1. The van der Waals surface area contributed by atoms with Crippen molar-refractivity contribution in [2.75, 3.05) is 13.6 Å². The SMILES string of the molecule is CN(CCC(C)(C)N)Cc1ccc2nc[nH]c2c1. The van der Waals surface area contributed by atoms with Crippen molar-refractivity contribution in [3.8, 4) is 0 Å². The third kappa shape index (κ3) is 3.55. The molecule has 3 N–H and O–H groups in total. The molecule has 0 spiro atoms. The number of rotatable bonds is 5. The number of imidazole rings is 1. The van der Waals surface area contributed by atoms with Crippen LogP contribution in [0.2, 0.25) is 0 Å². The number of nitrogens with zero attached hydrogens (tertiary/aromatic N) is 2. The van der Waals surface area contributed by atoms with E-state index in [9.17, 15) is 0 Å². The van der Waals surface area contributed by atoms with Gasteiger partial charge in [-0.1, -0.05) is 6.07 Å². The van der Waals surface area contributed by atoms with E-state index in [2.05, 4.69) is 54.0 Å². The average Bonchev–Trinajstić information content (AvgIpc) is 2.72. The molecule has 0 atom stereocenters. The number of hydrogen-bond acceptors (Lipinski definition) is 3. The summed E-state index contributed by atoms with van der Waals surface area (Å²) in [6.45, 7) is 6.07. The Morgan fingerprint density at radius 3 is 2.89 bits per heavy atom.